The van der Waals surface area contributed by atoms with Crippen LogP contribution in [0.25, 0.3) is 11.3 Å². The minimum absolute atomic E-state index is 0.0878. The molecule has 6 heteroatoms. The van der Waals surface area contributed by atoms with E-state index in [0.717, 1.165) is 45.0 Å². The first-order valence-corrected chi connectivity index (χ1v) is 10.6. The van der Waals surface area contributed by atoms with Crippen molar-refractivity contribution in [2.24, 2.45) is 0 Å². The van der Waals surface area contributed by atoms with E-state index in [0.29, 0.717) is 5.56 Å². The lowest BCUT2D eigenvalue weighted by molar-refractivity contribution is 0.102. The van der Waals surface area contributed by atoms with Gasteiger partial charge in [0.2, 0.25) is 0 Å². The van der Waals surface area contributed by atoms with Gasteiger partial charge in [0.1, 0.15) is 0 Å². The maximum atomic E-state index is 12.9. The van der Waals surface area contributed by atoms with Gasteiger partial charge in [-0.3, -0.25) is 4.79 Å². The van der Waals surface area contributed by atoms with Crippen LogP contribution in [0.5, 0.6) is 0 Å². The van der Waals surface area contributed by atoms with Gasteiger partial charge in [-0.1, -0.05) is 49.0 Å². The lowest BCUT2D eigenvalue weighted by atomic mass is 10.1. The van der Waals surface area contributed by atoms with Gasteiger partial charge < -0.3 is 9.88 Å². The lowest BCUT2D eigenvalue weighted by Gasteiger charge is -2.12. The third-order valence-electron chi connectivity index (χ3n) is 4.19. The maximum Gasteiger partial charge on any atom is 0.256 e. The zero-order valence-corrected chi connectivity index (χ0v) is 16.1. The molecule has 2 aromatic carbocycles. The summed E-state index contributed by atoms with van der Waals surface area (Å²) >= 11 is 3.45. The summed E-state index contributed by atoms with van der Waals surface area (Å²) in [6.45, 7) is 3.08. The highest BCUT2D eigenvalue weighted by atomic mass is 32.2. The molecular formula is C20H19N3OS2. The van der Waals surface area contributed by atoms with E-state index >= 15 is 0 Å². The molecule has 0 saturated carbocycles. The minimum atomic E-state index is -0.0878. The number of rotatable bonds is 5. The molecule has 0 bridgehead atoms. The number of nitrogens with one attached hydrogen (secondary N) is 1. The fourth-order valence-electron chi connectivity index (χ4n) is 2.98. The van der Waals surface area contributed by atoms with Crippen molar-refractivity contribution in [2.75, 3.05) is 16.8 Å². The molecule has 0 atom stereocenters. The summed E-state index contributed by atoms with van der Waals surface area (Å²) in [5, 5.41) is 4.13. The van der Waals surface area contributed by atoms with Gasteiger partial charge in [-0.2, -0.15) is 0 Å². The largest absolute Gasteiger partial charge is 0.325 e. The summed E-state index contributed by atoms with van der Waals surface area (Å²) in [5.74, 6) is 1.92. The van der Waals surface area contributed by atoms with E-state index in [1.807, 2.05) is 48.5 Å². The van der Waals surface area contributed by atoms with Crippen molar-refractivity contribution in [3.63, 3.8) is 0 Å². The van der Waals surface area contributed by atoms with Crippen LogP contribution >= 0.6 is 23.5 Å². The maximum absolute atomic E-state index is 12.9. The van der Waals surface area contributed by atoms with E-state index in [9.17, 15) is 4.79 Å². The highest BCUT2D eigenvalue weighted by Gasteiger charge is 2.18. The molecule has 26 heavy (non-hydrogen) atoms. The predicted molar refractivity (Wildman–Crippen MR) is 109 cm³/mol. The van der Waals surface area contributed by atoms with Crippen molar-refractivity contribution >= 4 is 35.1 Å². The Morgan fingerprint density at radius 2 is 2.04 bits per heavy atom. The molecular weight excluding hydrogens is 362 g/mol. The number of hydrogen-bond donors (Lipinski definition) is 1. The second-order valence-electron chi connectivity index (χ2n) is 5.88. The molecule has 0 radical (unpaired) electrons. The summed E-state index contributed by atoms with van der Waals surface area (Å²) in [6.07, 6.45) is 2.07. The van der Waals surface area contributed by atoms with Gasteiger partial charge in [0.15, 0.2) is 5.16 Å². The molecule has 4 rings (SSSR count). The van der Waals surface area contributed by atoms with Crippen molar-refractivity contribution in [2.45, 2.75) is 23.5 Å². The van der Waals surface area contributed by atoms with Crippen LogP contribution in [0.15, 0.2) is 64.8 Å². The van der Waals surface area contributed by atoms with Crippen molar-refractivity contribution in [1.29, 1.82) is 0 Å². The lowest BCUT2D eigenvalue weighted by Crippen LogP contribution is -2.13. The molecule has 1 amide bonds. The summed E-state index contributed by atoms with van der Waals surface area (Å²) in [7, 11) is 0. The highest BCUT2D eigenvalue weighted by Crippen LogP contribution is 2.33. The number of fused-ring (bicyclic) bond motifs is 1. The van der Waals surface area contributed by atoms with E-state index in [2.05, 4.69) is 23.0 Å². The first-order chi connectivity index (χ1) is 12.8. The van der Waals surface area contributed by atoms with Gasteiger partial charge in [-0.05, 0) is 24.0 Å². The number of carbonyl (C=O) groups is 1. The molecule has 0 saturated heterocycles. The number of imidazole rings is 1. The van der Waals surface area contributed by atoms with Crippen LogP contribution in [0.1, 0.15) is 17.3 Å². The number of thioether (sulfide) groups is 2. The average Bonchev–Trinajstić information content (AvgIpc) is 3.25. The number of carbonyl (C=O) groups excluding carboxylic acids is 1. The monoisotopic (exact) mass is 381 g/mol. The number of aryl methyl sites for hydroxylation is 1. The second kappa shape index (κ2) is 7.60. The highest BCUT2D eigenvalue weighted by molar-refractivity contribution is 7.99. The molecule has 1 aliphatic rings. The number of amides is 1. The van der Waals surface area contributed by atoms with Crippen LogP contribution in [0.3, 0.4) is 0 Å². The van der Waals surface area contributed by atoms with E-state index in [4.69, 9.17) is 4.98 Å². The Balaban J connectivity index is 1.64. The minimum Gasteiger partial charge on any atom is -0.325 e. The summed E-state index contributed by atoms with van der Waals surface area (Å²) in [6, 6.07) is 15.6. The Labute approximate surface area is 161 Å². The number of anilines is 1. The topological polar surface area (TPSA) is 46.9 Å². The van der Waals surface area contributed by atoms with Crippen LogP contribution in [0, 0.1) is 0 Å². The molecule has 0 fully saturated rings. The normalized spacial score (nSPS) is 12.8. The van der Waals surface area contributed by atoms with Gasteiger partial charge in [0.05, 0.1) is 16.9 Å². The third kappa shape index (κ3) is 3.39. The zero-order valence-electron chi connectivity index (χ0n) is 14.4. The van der Waals surface area contributed by atoms with Gasteiger partial charge in [-0.25, -0.2) is 4.98 Å². The molecule has 0 spiro atoms. The van der Waals surface area contributed by atoms with E-state index in [-0.39, 0.29) is 5.91 Å². The zero-order chi connectivity index (χ0) is 17.9. The molecule has 0 aliphatic carbocycles. The first-order valence-electron chi connectivity index (χ1n) is 8.59. The summed E-state index contributed by atoms with van der Waals surface area (Å²) < 4.78 is 2.17. The molecule has 4 nitrogen and oxygen atoms in total. The standard InChI is InChI=1S/C20H19N3OS2/c1-2-25-18-10-6-4-8-15(18)19(24)21-16-9-5-3-7-14(16)17-13-23-11-12-26-20(23)22-17/h3-10,13H,2,11-12H2,1H3,(H,21,24). The van der Waals surface area contributed by atoms with Crippen LogP contribution in [-0.4, -0.2) is 27.0 Å². The van der Waals surface area contributed by atoms with Crippen molar-refractivity contribution in [1.82, 2.24) is 9.55 Å². The SMILES string of the molecule is CCSc1ccccc1C(=O)Nc1ccccc1-c1cn2c(n1)SCC2. The number of para-hydroxylation sites is 1. The molecule has 1 aliphatic heterocycles. The molecule has 3 aromatic rings. The third-order valence-corrected chi connectivity index (χ3v) is 6.11. The fraction of sp³-hybridized carbons (Fsp3) is 0.200. The van der Waals surface area contributed by atoms with Crippen molar-refractivity contribution in [3.8, 4) is 11.3 Å². The Hall–Kier alpha value is -2.18. The Morgan fingerprint density at radius 3 is 2.88 bits per heavy atom. The Kier molecular flexibility index (Phi) is 5.04. The van der Waals surface area contributed by atoms with E-state index < -0.39 is 0 Å². The molecule has 1 aromatic heterocycles. The average molecular weight is 382 g/mol. The van der Waals surface area contributed by atoms with Gasteiger partial charge in [0, 0.05) is 29.0 Å². The second-order valence-corrected chi connectivity index (χ2v) is 8.25. The Bertz CT molecular complexity index is 930. The van der Waals surface area contributed by atoms with Crippen molar-refractivity contribution < 1.29 is 4.79 Å². The quantitative estimate of drug-likeness (QED) is 0.631. The van der Waals surface area contributed by atoms with Crippen LogP contribution in [0.2, 0.25) is 0 Å². The summed E-state index contributed by atoms with van der Waals surface area (Å²) in [4.78, 5) is 18.6. The fourth-order valence-corrected chi connectivity index (χ4v) is 4.73. The smallest absolute Gasteiger partial charge is 0.256 e. The molecule has 1 N–H and O–H groups in total. The van der Waals surface area contributed by atoms with E-state index in [1.54, 1.807) is 23.5 Å². The van der Waals surface area contributed by atoms with Crippen LogP contribution in [0.4, 0.5) is 5.69 Å². The number of hydrogen-bond acceptors (Lipinski definition) is 4. The first kappa shape index (κ1) is 17.2. The molecule has 2 heterocycles. The summed E-state index contributed by atoms with van der Waals surface area (Å²) in [5.41, 5.74) is 3.34. The van der Waals surface area contributed by atoms with Crippen LogP contribution in [-0.2, 0) is 6.54 Å². The van der Waals surface area contributed by atoms with Gasteiger partial charge in [-0.15, -0.1) is 11.8 Å². The van der Waals surface area contributed by atoms with Crippen molar-refractivity contribution in [3.05, 3.63) is 60.3 Å². The van der Waals surface area contributed by atoms with Crippen LogP contribution < -0.4 is 5.32 Å². The van der Waals surface area contributed by atoms with E-state index in [1.165, 1.54) is 0 Å². The predicted octanol–water partition coefficient (Wildman–Crippen LogP) is 5.02. The van der Waals surface area contributed by atoms with Gasteiger partial charge in [0.25, 0.3) is 5.91 Å². The van der Waals surface area contributed by atoms with Gasteiger partial charge >= 0.3 is 0 Å². The number of nitrogens with zero attached hydrogens (tertiary/aromatic N) is 2. The number of aromatic nitrogens is 2. The molecule has 132 valence electrons. The molecule has 0 unspecified atom stereocenters. The Morgan fingerprint density at radius 1 is 1.23 bits per heavy atom. The number of benzene rings is 2.